The number of nitrogens with zero attached hydrogens (tertiary/aromatic N) is 2. The fraction of sp³-hybridized carbons (Fsp3) is 0.316. The number of carbonyl (C=O) groups excluding carboxylic acids is 1. The number of ether oxygens (including phenoxy) is 1. The van der Waals surface area contributed by atoms with E-state index in [1.807, 2.05) is 24.3 Å². The molecule has 0 saturated carbocycles. The summed E-state index contributed by atoms with van der Waals surface area (Å²) in [6.45, 7) is 3.27. The van der Waals surface area contributed by atoms with Crippen LogP contribution in [0.1, 0.15) is 15.9 Å². The van der Waals surface area contributed by atoms with Crippen molar-refractivity contribution < 1.29 is 13.9 Å². The fourth-order valence-electron chi connectivity index (χ4n) is 3.04. The van der Waals surface area contributed by atoms with Crippen molar-refractivity contribution in [2.75, 3.05) is 33.3 Å². The van der Waals surface area contributed by atoms with Crippen LogP contribution in [0.3, 0.4) is 0 Å². The second-order valence-corrected chi connectivity index (χ2v) is 6.38. The van der Waals surface area contributed by atoms with Gasteiger partial charge in [0.1, 0.15) is 11.6 Å². The van der Waals surface area contributed by atoms with E-state index in [-0.39, 0.29) is 16.5 Å². The summed E-state index contributed by atoms with van der Waals surface area (Å²) in [6, 6.07) is 12.2. The summed E-state index contributed by atoms with van der Waals surface area (Å²) in [7, 11) is 1.66. The van der Waals surface area contributed by atoms with Gasteiger partial charge in [-0.3, -0.25) is 9.69 Å². The van der Waals surface area contributed by atoms with E-state index in [9.17, 15) is 9.18 Å². The molecule has 4 nitrogen and oxygen atoms in total. The molecule has 0 unspecified atom stereocenters. The topological polar surface area (TPSA) is 32.8 Å². The maximum atomic E-state index is 13.9. The molecule has 0 aromatic heterocycles. The van der Waals surface area contributed by atoms with Gasteiger partial charge in [0.05, 0.1) is 17.7 Å². The van der Waals surface area contributed by atoms with E-state index in [2.05, 4.69) is 4.90 Å². The van der Waals surface area contributed by atoms with E-state index in [1.165, 1.54) is 18.2 Å². The first-order valence-corrected chi connectivity index (χ1v) is 8.55. The van der Waals surface area contributed by atoms with Gasteiger partial charge in [0.25, 0.3) is 5.91 Å². The first-order valence-electron chi connectivity index (χ1n) is 8.17. The van der Waals surface area contributed by atoms with Crippen molar-refractivity contribution in [3.63, 3.8) is 0 Å². The van der Waals surface area contributed by atoms with E-state index in [0.29, 0.717) is 13.1 Å². The van der Waals surface area contributed by atoms with Gasteiger partial charge in [-0.25, -0.2) is 4.39 Å². The van der Waals surface area contributed by atoms with Gasteiger partial charge in [0.15, 0.2) is 0 Å². The molecule has 1 aliphatic heterocycles. The Morgan fingerprint density at radius 3 is 2.52 bits per heavy atom. The minimum Gasteiger partial charge on any atom is -0.496 e. The smallest absolute Gasteiger partial charge is 0.258 e. The molecule has 0 N–H and O–H groups in total. The molecule has 0 aliphatic carbocycles. The molecule has 132 valence electrons. The number of hydrogen-bond donors (Lipinski definition) is 0. The average molecular weight is 363 g/mol. The monoisotopic (exact) mass is 362 g/mol. The Labute approximate surface area is 151 Å². The van der Waals surface area contributed by atoms with Crippen LogP contribution in [0.4, 0.5) is 4.39 Å². The summed E-state index contributed by atoms with van der Waals surface area (Å²) in [5, 5.41) is 0.154. The Bertz CT molecular complexity index is 741. The van der Waals surface area contributed by atoms with E-state index in [4.69, 9.17) is 16.3 Å². The minimum absolute atomic E-state index is 0.0395. The standard InChI is InChI=1S/C19H20ClFN2O2/c1-25-17-8-3-2-5-14(17)13-22-9-11-23(12-10-22)19(24)18-15(20)6-4-7-16(18)21/h2-8H,9-13H2,1H3. The summed E-state index contributed by atoms with van der Waals surface area (Å²) in [6.07, 6.45) is 0. The molecule has 1 heterocycles. The highest BCUT2D eigenvalue weighted by Gasteiger charge is 2.26. The molecule has 0 atom stereocenters. The molecule has 2 aromatic carbocycles. The van der Waals surface area contributed by atoms with Crippen LogP contribution in [0, 0.1) is 5.82 Å². The molecule has 25 heavy (non-hydrogen) atoms. The van der Waals surface area contributed by atoms with Crippen LogP contribution < -0.4 is 4.74 Å². The summed E-state index contributed by atoms with van der Waals surface area (Å²) < 4.78 is 19.3. The Kier molecular flexibility index (Phi) is 5.56. The number of methoxy groups -OCH3 is 1. The second-order valence-electron chi connectivity index (χ2n) is 5.98. The van der Waals surface area contributed by atoms with Crippen molar-refractivity contribution in [1.29, 1.82) is 0 Å². The Morgan fingerprint density at radius 2 is 1.84 bits per heavy atom. The molecule has 0 radical (unpaired) electrons. The number of rotatable bonds is 4. The number of amides is 1. The summed E-state index contributed by atoms with van der Waals surface area (Å²) in [4.78, 5) is 16.5. The molecule has 1 saturated heterocycles. The zero-order valence-electron chi connectivity index (χ0n) is 14.0. The SMILES string of the molecule is COc1ccccc1CN1CCN(C(=O)c2c(F)cccc2Cl)CC1. The number of halogens is 2. The van der Waals surface area contributed by atoms with Crippen LogP contribution in [0.15, 0.2) is 42.5 Å². The van der Waals surface area contributed by atoms with Crippen molar-refractivity contribution in [1.82, 2.24) is 9.80 Å². The normalized spacial score (nSPS) is 15.2. The van der Waals surface area contributed by atoms with E-state index >= 15 is 0 Å². The van der Waals surface area contributed by atoms with Gasteiger partial charge in [-0.15, -0.1) is 0 Å². The Morgan fingerprint density at radius 1 is 1.12 bits per heavy atom. The highest BCUT2D eigenvalue weighted by atomic mass is 35.5. The van der Waals surface area contributed by atoms with Crippen LogP contribution in [-0.2, 0) is 6.54 Å². The molecule has 1 amide bonds. The van der Waals surface area contributed by atoms with Crippen molar-refractivity contribution in [3.05, 3.63) is 64.4 Å². The molecular weight excluding hydrogens is 343 g/mol. The van der Waals surface area contributed by atoms with E-state index in [0.717, 1.165) is 30.9 Å². The summed E-state index contributed by atoms with van der Waals surface area (Å²) in [5.41, 5.74) is 1.07. The molecule has 6 heteroatoms. The lowest BCUT2D eigenvalue weighted by molar-refractivity contribution is 0.0623. The lowest BCUT2D eigenvalue weighted by atomic mass is 10.1. The molecular formula is C19H20ClFN2O2. The van der Waals surface area contributed by atoms with Gasteiger partial charge in [0, 0.05) is 38.3 Å². The molecule has 1 aliphatic rings. The van der Waals surface area contributed by atoms with Crippen LogP contribution >= 0.6 is 11.6 Å². The van der Waals surface area contributed by atoms with Crippen LogP contribution in [-0.4, -0.2) is 49.0 Å². The van der Waals surface area contributed by atoms with Crippen molar-refractivity contribution >= 4 is 17.5 Å². The largest absolute Gasteiger partial charge is 0.496 e. The number of benzene rings is 2. The first kappa shape index (κ1) is 17.7. The maximum absolute atomic E-state index is 13.9. The predicted molar refractivity (Wildman–Crippen MR) is 95.6 cm³/mol. The van der Waals surface area contributed by atoms with Gasteiger partial charge in [-0.05, 0) is 18.2 Å². The predicted octanol–water partition coefficient (Wildman–Crippen LogP) is 3.45. The van der Waals surface area contributed by atoms with Gasteiger partial charge in [-0.2, -0.15) is 0 Å². The lowest BCUT2D eigenvalue weighted by Crippen LogP contribution is -2.48. The maximum Gasteiger partial charge on any atom is 0.258 e. The van der Waals surface area contributed by atoms with Crippen LogP contribution in [0.25, 0.3) is 0 Å². The lowest BCUT2D eigenvalue weighted by Gasteiger charge is -2.35. The van der Waals surface area contributed by atoms with Crippen molar-refractivity contribution in [2.45, 2.75) is 6.54 Å². The number of piperazine rings is 1. The zero-order valence-corrected chi connectivity index (χ0v) is 14.8. The molecule has 0 spiro atoms. The third kappa shape index (κ3) is 3.94. The van der Waals surface area contributed by atoms with Crippen LogP contribution in [0.5, 0.6) is 5.75 Å². The quantitative estimate of drug-likeness (QED) is 0.835. The van der Waals surface area contributed by atoms with Gasteiger partial charge in [-0.1, -0.05) is 35.9 Å². The number of carbonyl (C=O) groups is 1. The highest BCUT2D eigenvalue weighted by Crippen LogP contribution is 2.23. The number of para-hydroxylation sites is 1. The fourth-order valence-corrected chi connectivity index (χ4v) is 3.29. The third-order valence-corrected chi connectivity index (χ3v) is 4.74. The Balaban J connectivity index is 1.63. The molecule has 0 bridgehead atoms. The van der Waals surface area contributed by atoms with Crippen LogP contribution in [0.2, 0.25) is 5.02 Å². The first-order chi connectivity index (χ1) is 12.1. The zero-order chi connectivity index (χ0) is 17.8. The van der Waals surface area contributed by atoms with Crippen molar-refractivity contribution in [2.24, 2.45) is 0 Å². The van der Waals surface area contributed by atoms with Gasteiger partial charge in [0.2, 0.25) is 0 Å². The third-order valence-electron chi connectivity index (χ3n) is 4.42. The van der Waals surface area contributed by atoms with Gasteiger partial charge >= 0.3 is 0 Å². The average Bonchev–Trinajstić information content (AvgIpc) is 2.62. The minimum atomic E-state index is -0.575. The van der Waals surface area contributed by atoms with Crippen molar-refractivity contribution in [3.8, 4) is 5.75 Å². The molecule has 1 fully saturated rings. The molecule has 3 rings (SSSR count). The number of hydrogen-bond acceptors (Lipinski definition) is 3. The van der Waals surface area contributed by atoms with Gasteiger partial charge < -0.3 is 9.64 Å². The van der Waals surface area contributed by atoms with E-state index in [1.54, 1.807) is 12.0 Å². The molecule has 2 aromatic rings. The summed E-state index contributed by atoms with van der Waals surface area (Å²) in [5.74, 6) is -0.0619. The van der Waals surface area contributed by atoms with E-state index < -0.39 is 5.82 Å². The summed E-state index contributed by atoms with van der Waals surface area (Å²) >= 11 is 6.00. The highest BCUT2D eigenvalue weighted by molar-refractivity contribution is 6.33. The second kappa shape index (κ2) is 7.85. The Hall–Kier alpha value is -2.11.